The molecule has 0 N–H and O–H groups in total. The van der Waals surface area contributed by atoms with Crippen molar-refractivity contribution in [1.82, 2.24) is 14.7 Å². The van der Waals surface area contributed by atoms with Crippen LogP contribution < -0.4 is 4.74 Å². The number of carbonyl (C=O) groups excluding carboxylic acids is 4. The van der Waals surface area contributed by atoms with Gasteiger partial charge in [-0.05, 0) is 84.2 Å². The quantitative estimate of drug-likeness (QED) is 0.0982. The second kappa shape index (κ2) is 20.2. The van der Waals surface area contributed by atoms with Crippen molar-refractivity contribution in [3.8, 4) is 16.9 Å². The monoisotopic (exact) mass is 733 g/mol. The molecule has 4 aromatic carbocycles. The van der Waals surface area contributed by atoms with Crippen LogP contribution in [-0.2, 0) is 43.1 Å². The van der Waals surface area contributed by atoms with Crippen LogP contribution in [0.5, 0.6) is 5.75 Å². The van der Waals surface area contributed by atoms with Gasteiger partial charge in [-0.25, -0.2) is 4.79 Å². The van der Waals surface area contributed by atoms with Gasteiger partial charge in [-0.15, -0.1) is 0 Å². The zero-order valence-corrected chi connectivity index (χ0v) is 31.6. The molecule has 0 unspecified atom stereocenters. The maximum atomic E-state index is 13.2. The molecule has 1 heterocycles. The number of piperidine rings is 1. The Hall–Kier alpha value is -5.32. The number of hydrogen-bond donors (Lipinski definition) is 0. The minimum absolute atomic E-state index is 0.00448. The van der Waals surface area contributed by atoms with Gasteiger partial charge in [-0.1, -0.05) is 78.9 Å². The lowest BCUT2D eigenvalue weighted by molar-refractivity contribution is -0.150. The highest BCUT2D eigenvalue weighted by molar-refractivity contribution is 5.94. The van der Waals surface area contributed by atoms with Gasteiger partial charge in [-0.3, -0.25) is 14.4 Å². The van der Waals surface area contributed by atoms with E-state index >= 15 is 0 Å². The second-order valence-electron chi connectivity index (χ2n) is 13.8. The average molecular weight is 734 g/mol. The summed E-state index contributed by atoms with van der Waals surface area (Å²) >= 11 is 0. The third-order valence-electron chi connectivity index (χ3n) is 9.71. The average Bonchev–Trinajstić information content (AvgIpc) is 3.18. The first-order valence-electron chi connectivity index (χ1n) is 18.6. The first-order valence-corrected chi connectivity index (χ1v) is 18.6. The summed E-state index contributed by atoms with van der Waals surface area (Å²) in [6, 6.07) is 33.3. The van der Waals surface area contributed by atoms with Gasteiger partial charge in [0.05, 0.1) is 6.42 Å². The van der Waals surface area contributed by atoms with E-state index in [1.165, 1.54) is 19.1 Å². The van der Waals surface area contributed by atoms with E-state index in [0.717, 1.165) is 79.6 Å². The van der Waals surface area contributed by atoms with Crippen LogP contribution in [0.4, 0.5) is 0 Å². The molecule has 284 valence electrons. The van der Waals surface area contributed by atoms with Crippen molar-refractivity contribution >= 4 is 23.8 Å². The molecule has 54 heavy (non-hydrogen) atoms. The highest BCUT2D eigenvalue weighted by Crippen LogP contribution is 2.25. The summed E-state index contributed by atoms with van der Waals surface area (Å²) in [6.45, 7) is 2.79. The van der Waals surface area contributed by atoms with Crippen molar-refractivity contribution < 1.29 is 33.4 Å². The Bertz CT molecular complexity index is 1820. The van der Waals surface area contributed by atoms with Crippen LogP contribution in [0, 0.1) is 0 Å². The van der Waals surface area contributed by atoms with Crippen molar-refractivity contribution in [2.75, 3.05) is 60.5 Å². The number of likely N-dealkylation sites (N-methyl/N-ethyl adjacent to an activating group) is 2. The van der Waals surface area contributed by atoms with Gasteiger partial charge >= 0.3 is 11.9 Å². The van der Waals surface area contributed by atoms with Crippen molar-refractivity contribution in [2.45, 2.75) is 44.6 Å². The largest absolute Gasteiger partial charge is 0.462 e. The Labute approximate surface area is 318 Å². The fraction of sp³-hybridized carbons (Fsp3) is 0.364. The SMILES string of the molecule is COCC(=O)N(C)CC(=O)Oc1ccc(CCCc2ccc(C(=O)N(C)CCN3CCC(OC(=O)Cc4ccccc4-c4ccccc4)CC3)cc2)cc1. The Morgan fingerprint density at radius 1 is 0.741 bits per heavy atom. The summed E-state index contributed by atoms with van der Waals surface area (Å²) in [5.74, 6) is -0.577. The van der Waals surface area contributed by atoms with E-state index < -0.39 is 5.97 Å². The number of aryl methyl sites for hydroxylation is 2. The van der Waals surface area contributed by atoms with Gasteiger partial charge in [-0.2, -0.15) is 0 Å². The number of esters is 2. The maximum Gasteiger partial charge on any atom is 0.331 e. The molecule has 0 saturated carbocycles. The molecule has 1 aliphatic heterocycles. The smallest absolute Gasteiger partial charge is 0.331 e. The third kappa shape index (κ3) is 12.1. The first kappa shape index (κ1) is 39.9. The van der Waals surface area contributed by atoms with Crippen molar-refractivity contribution in [3.05, 3.63) is 125 Å². The molecule has 0 spiro atoms. The van der Waals surface area contributed by atoms with Gasteiger partial charge in [0.1, 0.15) is 25.0 Å². The number of methoxy groups -OCH3 is 1. The second-order valence-corrected chi connectivity index (χ2v) is 13.8. The Morgan fingerprint density at radius 2 is 1.37 bits per heavy atom. The summed E-state index contributed by atoms with van der Waals surface area (Å²) in [5.41, 5.74) is 6.07. The Kier molecular flexibility index (Phi) is 14.9. The molecular formula is C44H51N3O7. The zero-order valence-electron chi connectivity index (χ0n) is 31.6. The van der Waals surface area contributed by atoms with Crippen LogP contribution in [0.3, 0.4) is 0 Å². The van der Waals surface area contributed by atoms with Crippen LogP contribution >= 0.6 is 0 Å². The van der Waals surface area contributed by atoms with Crippen LogP contribution in [0.15, 0.2) is 103 Å². The molecule has 1 saturated heterocycles. The Balaban J connectivity index is 0.970. The molecule has 10 nitrogen and oxygen atoms in total. The molecular weight excluding hydrogens is 682 g/mol. The maximum absolute atomic E-state index is 13.2. The number of ether oxygens (including phenoxy) is 3. The number of likely N-dealkylation sites (tertiary alicyclic amines) is 1. The van der Waals surface area contributed by atoms with Crippen molar-refractivity contribution in [2.24, 2.45) is 0 Å². The van der Waals surface area contributed by atoms with Crippen LogP contribution in [0.2, 0.25) is 0 Å². The van der Waals surface area contributed by atoms with E-state index in [0.29, 0.717) is 17.9 Å². The number of hydrogen-bond acceptors (Lipinski definition) is 8. The topological polar surface area (TPSA) is 106 Å². The van der Waals surface area contributed by atoms with E-state index in [9.17, 15) is 19.2 Å². The predicted octanol–water partition coefficient (Wildman–Crippen LogP) is 5.86. The minimum atomic E-state index is -0.516. The van der Waals surface area contributed by atoms with E-state index in [1.54, 1.807) is 17.0 Å². The zero-order chi connectivity index (χ0) is 38.3. The first-order chi connectivity index (χ1) is 26.2. The van der Waals surface area contributed by atoms with E-state index in [1.807, 2.05) is 85.9 Å². The standard InChI is InChI=1S/C44H51N3O7/c1-45(28-29-47-26-24-39(25-27-47)53-42(49)30-37-14-7-8-15-40(37)35-12-5-4-6-13-35)44(51)36-20-16-33(17-21-36)10-9-11-34-18-22-38(23-19-34)54-43(50)31-46(2)41(48)32-52-3/h4-8,12-23,39H,9-11,24-32H2,1-3H3. The number of carbonyl (C=O) groups is 4. The molecule has 4 aromatic rings. The summed E-state index contributed by atoms with van der Waals surface area (Å²) in [5, 5.41) is 0. The lowest BCUT2D eigenvalue weighted by Gasteiger charge is -2.32. The number of rotatable bonds is 17. The fourth-order valence-corrected chi connectivity index (χ4v) is 6.53. The third-order valence-corrected chi connectivity index (χ3v) is 9.71. The lowest BCUT2D eigenvalue weighted by atomic mass is 9.98. The molecule has 1 fully saturated rings. The van der Waals surface area contributed by atoms with E-state index in [2.05, 4.69) is 17.0 Å². The minimum Gasteiger partial charge on any atom is -0.462 e. The predicted molar refractivity (Wildman–Crippen MR) is 208 cm³/mol. The van der Waals surface area contributed by atoms with E-state index in [4.69, 9.17) is 14.2 Å². The van der Waals surface area contributed by atoms with Gasteiger partial charge in [0.25, 0.3) is 5.91 Å². The summed E-state index contributed by atoms with van der Waals surface area (Å²) in [4.78, 5) is 55.4. The summed E-state index contributed by atoms with van der Waals surface area (Å²) in [6.07, 6.45) is 4.37. The molecule has 0 atom stereocenters. The van der Waals surface area contributed by atoms with Crippen LogP contribution in [0.1, 0.15) is 46.3 Å². The molecule has 0 aliphatic carbocycles. The normalized spacial score (nSPS) is 13.2. The highest BCUT2D eigenvalue weighted by Gasteiger charge is 2.24. The fourth-order valence-electron chi connectivity index (χ4n) is 6.53. The highest BCUT2D eigenvalue weighted by atomic mass is 16.5. The molecule has 0 aromatic heterocycles. The van der Waals surface area contributed by atoms with Crippen LogP contribution in [0.25, 0.3) is 11.1 Å². The number of nitrogens with zero attached hydrogens (tertiary/aromatic N) is 3. The number of amides is 2. The lowest BCUT2D eigenvalue weighted by Crippen LogP contribution is -2.42. The van der Waals surface area contributed by atoms with Gasteiger partial charge < -0.3 is 28.9 Å². The van der Waals surface area contributed by atoms with Gasteiger partial charge in [0.15, 0.2) is 0 Å². The van der Waals surface area contributed by atoms with Gasteiger partial charge in [0, 0.05) is 52.9 Å². The summed E-state index contributed by atoms with van der Waals surface area (Å²) < 4.78 is 16.1. The van der Waals surface area contributed by atoms with Gasteiger partial charge in [0.2, 0.25) is 5.91 Å². The molecule has 0 radical (unpaired) electrons. The van der Waals surface area contributed by atoms with E-state index in [-0.39, 0.29) is 43.5 Å². The molecule has 0 bridgehead atoms. The van der Waals surface area contributed by atoms with Crippen molar-refractivity contribution in [1.29, 1.82) is 0 Å². The molecule has 5 rings (SSSR count). The Morgan fingerprint density at radius 3 is 2.04 bits per heavy atom. The molecule has 10 heteroatoms. The van der Waals surface area contributed by atoms with Crippen molar-refractivity contribution in [3.63, 3.8) is 0 Å². The summed E-state index contributed by atoms with van der Waals surface area (Å²) in [7, 11) is 4.79. The molecule has 2 amide bonds. The van der Waals surface area contributed by atoms with Crippen LogP contribution in [-0.4, -0.2) is 105 Å². The molecule has 1 aliphatic rings. The number of benzene rings is 4.